The van der Waals surface area contributed by atoms with Crippen LogP contribution in [0.25, 0.3) is 0 Å². The number of benzene rings is 3. The highest BCUT2D eigenvalue weighted by Gasteiger charge is 2.13. The predicted octanol–water partition coefficient (Wildman–Crippen LogP) is 6.34. The molecule has 10 heteroatoms. The zero-order chi connectivity index (χ0) is 24.5. The molecule has 3 aromatic carbocycles. The molecular weight excluding hydrogens is 503 g/mol. The topological polar surface area (TPSA) is 93.7 Å². The average Bonchev–Trinajstić information content (AvgIpc) is 2.82. The highest BCUT2D eigenvalue weighted by atomic mass is 35.5. The Balaban J connectivity index is 1.37. The molecule has 2 amide bonds. The summed E-state index contributed by atoms with van der Waals surface area (Å²) in [5, 5.41) is 6.26. The first-order valence-electron chi connectivity index (χ1n) is 10.0. The number of carbonyl (C=O) groups is 3. The summed E-state index contributed by atoms with van der Waals surface area (Å²) in [7, 11) is 0. The summed E-state index contributed by atoms with van der Waals surface area (Å²) in [5.74, 6) is -0.430. The number of halogens is 3. The summed E-state index contributed by atoms with van der Waals surface area (Å²) >= 11 is 17.7. The van der Waals surface area contributed by atoms with Crippen molar-refractivity contribution >= 4 is 64.0 Å². The van der Waals surface area contributed by atoms with E-state index in [0.717, 1.165) is 0 Å². The van der Waals surface area contributed by atoms with Crippen molar-refractivity contribution in [3.05, 3.63) is 81.8 Å². The lowest BCUT2D eigenvalue weighted by atomic mass is 10.2. The van der Waals surface area contributed by atoms with Gasteiger partial charge >= 0.3 is 5.97 Å². The maximum Gasteiger partial charge on any atom is 0.306 e. The van der Waals surface area contributed by atoms with E-state index in [-0.39, 0.29) is 28.8 Å². The number of nitrogens with one attached hydrogen (secondary N) is 2. The Labute approximate surface area is 210 Å². The third kappa shape index (κ3) is 7.95. The molecule has 0 radical (unpaired) electrons. The van der Waals surface area contributed by atoms with Crippen LogP contribution in [0.4, 0.5) is 11.4 Å². The minimum atomic E-state index is -0.686. The van der Waals surface area contributed by atoms with Crippen molar-refractivity contribution in [2.24, 2.45) is 0 Å². The SMILES string of the molecule is O=C(CCC(=O)OCC(=O)Nc1cccc(Cl)c1Cl)Nc1ccc(Oc2ccc(Cl)cc2)cc1. The second kappa shape index (κ2) is 12.3. The zero-order valence-electron chi connectivity index (χ0n) is 17.6. The van der Waals surface area contributed by atoms with Gasteiger partial charge in [-0.25, -0.2) is 0 Å². The van der Waals surface area contributed by atoms with Crippen LogP contribution in [0.5, 0.6) is 11.5 Å². The molecule has 3 rings (SSSR count). The largest absolute Gasteiger partial charge is 0.457 e. The molecule has 0 aliphatic rings. The number of carbonyl (C=O) groups excluding carboxylic acids is 3. The molecule has 0 atom stereocenters. The molecule has 0 spiro atoms. The normalized spacial score (nSPS) is 10.3. The van der Waals surface area contributed by atoms with Crippen molar-refractivity contribution in [2.75, 3.05) is 17.2 Å². The maximum atomic E-state index is 12.1. The molecule has 34 heavy (non-hydrogen) atoms. The quantitative estimate of drug-likeness (QED) is 0.321. The van der Waals surface area contributed by atoms with E-state index in [1.54, 1.807) is 66.7 Å². The summed E-state index contributed by atoms with van der Waals surface area (Å²) in [6, 6.07) is 18.4. The van der Waals surface area contributed by atoms with Gasteiger partial charge in [-0.05, 0) is 60.7 Å². The van der Waals surface area contributed by atoms with Crippen LogP contribution < -0.4 is 15.4 Å². The van der Waals surface area contributed by atoms with Crippen molar-refractivity contribution in [3.63, 3.8) is 0 Å². The molecule has 0 unspecified atom stereocenters. The first-order valence-corrected chi connectivity index (χ1v) is 11.2. The summed E-state index contributed by atoms with van der Waals surface area (Å²) in [4.78, 5) is 35.9. The second-order valence-corrected chi connectivity index (χ2v) is 8.16. The average molecular weight is 522 g/mol. The Morgan fingerprint density at radius 3 is 2.06 bits per heavy atom. The number of hydrogen-bond donors (Lipinski definition) is 2. The van der Waals surface area contributed by atoms with Gasteiger partial charge in [0.2, 0.25) is 5.91 Å². The minimum absolute atomic E-state index is 0.108. The van der Waals surface area contributed by atoms with Crippen molar-refractivity contribution in [1.82, 2.24) is 0 Å². The summed E-state index contributed by atoms with van der Waals surface area (Å²) in [5.41, 5.74) is 0.846. The van der Waals surface area contributed by atoms with E-state index in [0.29, 0.717) is 27.9 Å². The van der Waals surface area contributed by atoms with Crippen molar-refractivity contribution in [1.29, 1.82) is 0 Å². The highest BCUT2D eigenvalue weighted by Crippen LogP contribution is 2.29. The van der Waals surface area contributed by atoms with Gasteiger partial charge in [0.15, 0.2) is 6.61 Å². The molecule has 7 nitrogen and oxygen atoms in total. The van der Waals surface area contributed by atoms with E-state index >= 15 is 0 Å². The standard InChI is InChI=1S/C24H19Cl3N2O5/c25-15-4-8-17(9-5-15)34-18-10-6-16(7-11-18)28-21(30)12-13-23(32)33-14-22(31)29-20-3-1-2-19(26)24(20)27/h1-11H,12-14H2,(H,28,30)(H,29,31). The van der Waals surface area contributed by atoms with Crippen LogP contribution >= 0.6 is 34.8 Å². The molecule has 0 fully saturated rings. The van der Waals surface area contributed by atoms with Crippen LogP contribution in [0, 0.1) is 0 Å². The molecule has 0 aliphatic heterocycles. The number of amides is 2. The Kier molecular flexibility index (Phi) is 9.16. The van der Waals surface area contributed by atoms with E-state index in [1.165, 1.54) is 0 Å². The van der Waals surface area contributed by atoms with Crippen LogP contribution in [0.15, 0.2) is 66.7 Å². The Hall–Kier alpha value is -3.26. The number of hydrogen-bond acceptors (Lipinski definition) is 5. The van der Waals surface area contributed by atoms with Crippen molar-refractivity contribution < 1.29 is 23.9 Å². The van der Waals surface area contributed by atoms with Gasteiger partial charge in [-0.15, -0.1) is 0 Å². The monoisotopic (exact) mass is 520 g/mol. The van der Waals surface area contributed by atoms with Crippen molar-refractivity contribution in [2.45, 2.75) is 12.8 Å². The lowest BCUT2D eigenvalue weighted by Gasteiger charge is -2.09. The van der Waals surface area contributed by atoms with Gasteiger partial charge in [-0.3, -0.25) is 14.4 Å². The fraction of sp³-hybridized carbons (Fsp3) is 0.125. The molecule has 0 saturated heterocycles. The Bertz CT molecular complexity index is 1170. The Morgan fingerprint density at radius 2 is 1.38 bits per heavy atom. The minimum Gasteiger partial charge on any atom is -0.457 e. The second-order valence-electron chi connectivity index (χ2n) is 6.94. The van der Waals surface area contributed by atoms with E-state index in [1.807, 2.05) is 0 Å². The Morgan fingerprint density at radius 1 is 0.735 bits per heavy atom. The number of rotatable bonds is 9. The van der Waals surface area contributed by atoms with Crippen LogP contribution in [0.3, 0.4) is 0 Å². The zero-order valence-corrected chi connectivity index (χ0v) is 19.9. The number of anilines is 2. The first-order chi connectivity index (χ1) is 16.3. The lowest BCUT2D eigenvalue weighted by molar-refractivity contribution is -0.147. The van der Waals surface area contributed by atoms with Crippen molar-refractivity contribution in [3.8, 4) is 11.5 Å². The molecule has 3 aromatic rings. The van der Waals surface area contributed by atoms with Gasteiger partial charge < -0.3 is 20.1 Å². The van der Waals surface area contributed by atoms with Crippen LogP contribution in [0.2, 0.25) is 15.1 Å². The number of ether oxygens (including phenoxy) is 2. The van der Waals surface area contributed by atoms with Crippen LogP contribution in [-0.4, -0.2) is 24.4 Å². The van der Waals surface area contributed by atoms with Gasteiger partial charge in [-0.2, -0.15) is 0 Å². The molecule has 0 bridgehead atoms. The fourth-order valence-electron chi connectivity index (χ4n) is 2.69. The van der Waals surface area contributed by atoms with Gasteiger partial charge in [0.05, 0.1) is 22.2 Å². The summed E-state index contributed by atoms with van der Waals surface area (Å²) in [6.45, 7) is -0.515. The van der Waals surface area contributed by atoms with Gasteiger partial charge in [-0.1, -0.05) is 40.9 Å². The molecule has 0 saturated carbocycles. The fourth-order valence-corrected chi connectivity index (χ4v) is 3.16. The maximum absolute atomic E-state index is 12.1. The van der Waals surface area contributed by atoms with Gasteiger partial charge in [0, 0.05) is 17.1 Å². The van der Waals surface area contributed by atoms with Crippen LogP contribution in [0.1, 0.15) is 12.8 Å². The van der Waals surface area contributed by atoms with Gasteiger partial charge in [0.25, 0.3) is 5.91 Å². The molecule has 176 valence electrons. The van der Waals surface area contributed by atoms with Crippen LogP contribution in [-0.2, 0) is 19.1 Å². The summed E-state index contributed by atoms with van der Waals surface area (Å²) < 4.78 is 10.6. The molecule has 0 aliphatic carbocycles. The first kappa shape index (κ1) is 25.4. The molecular formula is C24H19Cl3N2O5. The third-order valence-electron chi connectivity index (χ3n) is 4.33. The summed E-state index contributed by atoms with van der Waals surface area (Å²) in [6.07, 6.45) is -0.293. The van der Waals surface area contributed by atoms with E-state index < -0.39 is 18.5 Å². The van der Waals surface area contributed by atoms with Gasteiger partial charge in [0.1, 0.15) is 11.5 Å². The van der Waals surface area contributed by atoms with E-state index in [9.17, 15) is 14.4 Å². The molecule has 2 N–H and O–H groups in total. The predicted molar refractivity (Wildman–Crippen MR) is 132 cm³/mol. The number of esters is 1. The molecule has 0 aromatic heterocycles. The van der Waals surface area contributed by atoms with E-state index in [4.69, 9.17) is 44.3 Å². The van der Waals surface area contributed by atoms with E-state index in [2.05, 4.69) is 10.6 Å². The third-order valence-corrected chi connectivity index (χ3v) is 5.40. The molecule has 0 heterocycles. The lowest BCUT2D eigenvalue weighted by Crippen LogP contribution is -2.22. The smallest absolute Gasteiger partial charge is 0.306 e. The highest BCUT2D eigenvalue weighted by molar-refractivity contribution is 6.44.